The fourth-order valence-corrected chi connectivity index (χ4v) is 3.55. The first kappa shape index (κ1) is 11.8. The van der Waals surface area contributed by atoms with Gasteiger partial charge in [0.1, 0.15) is 10.5 Å². The summed E-state index contributed by atoms with van der Waals surface area (Å²) in [5, 5.41) is 0.504. The molecule has 96 valence electrons. The molecule has 0 saturated heterocycles. The van der Waals surface area contributed by atoms with Crippen molar-refractivity contribution in [2.75, 3.05) is 5.73 Å². The largest absolute Gasteiger partial charge is 0.440 e. The van der Waals surface area contributed by atoms with Crippen molar-refractivity contribution in [3.8, 4) is 0 Å². The van der Waals surface area contributed by atoms with Crippen LogP contribution in [0.1, 0.15) is 0 Å². The number of para-hydroxylation sites is 1. The van der Waals surface area contributed by atoms with Crippen LogP contribution in [-0.2, 0) is 9.84 Å². The van der Waals surface area contributed by atoms with Crippen molar-refractivity contribution in [1.82, 2.24) is 0 Å². The minimum atomic E-state index is -3.67. The van der Waals surface area contributed by atoms with Gasteiger partial charge in [-0.3, -0.25) is 0 Å². The Labute approximate surface area is 110 Å². The van der Waals surface area contributed by atoms with Crippen LogP contribution in [0.3, 0.4) is 0 Å². The summed E-state index contributed by atoms with van der Waals surface area (Å²) in [4.78, 5) is 0.238. The summed E-state index contributed by atoms with van der Waals surface area (Å²) in [6, 6.07) is 15.1. The maximum atomic E-state index is 12.6. The Bertz CT molecular complexity index is 836. The standard InChI is InChI=1S/C14H11NO3S/c15-14-13(11-8-4-5-9-12(11)18-14)19(16,17)10-6-2-1-3-7-10/h1-9H,15H2. The number of anilines is 1. The van der Waals surface area contributed by atoms with Gasteiger partial charge in [0.25, 0.3) is 0 Å². The fraction of sp³-hybridized carbons (Fsp3) is 0. The lowest BCUT2D eigenvalue weighted by atomic mass is 10.3. The molecular weight excluding hydrogens is 262 g/mol. The minimum absolute atomic E-state index is 0.0364. The highest BCUT2D eigenvalue weighted by atomic mass is 32.2. The van der Waals surface area contributed by atoms with Crippen LogP contribution in [0.5, 0.6) is 0 Å². The normalized spacial score (nSPS) is 11.8. The number of hydrogen-bond donors (Lipinski definition) is 1. The van der Waals surface area contributed by atoms with E-state index in [-0.39, 0.29) is 15.7 Å². The number of sulfone groups is 1. The Hall–Kier alpha value is -2.27. The van der Waals surface area contributed by atoms with E-state index in [1.807, 2.05) is 0 Å². The molecule has 0 amide bonds. The first-order valence-electron chi connectivity index (χ1n) is 5.68. The predicted molar refractivity (Wildman–Crippen MR) is 72.5 cm³/mol. The molecule has 0 bridgehead atoms. The lowest BCUT2D eigenvalue weighted by Gasteiger charge is -2.03. The monoisotopic (exact) mass is 273 g/mol. The number of furan rings is 1. The zero-order chi connectivity index (χ0) is 13.5. The Balaban J connectivity index is 2.34. The van der Waals surface area contributed by atoms with E-state index in [2.05, 4.69) is 0 Å². The molecular formula is C14H11NO3S. The van der Waals surface area contributed by atoms with Crippen LogP contribution in [-0.4, -0.2) is 8.42 Å². The Morgan fingerprint density at radius 1 is 0.895 bits per heavy atom. The minimum Gasteiger partial charge on any atom is -0.440 e. The Morgan fingerprint density at radius 3 is 2.26 bits per heavy atom. The molecule has 0 spiro atoms. The SMILES string of the molecule is Nc1oc2ccccc2c1S(=O)(=O)c1ccccc1. The first-order chi connectivity index (χ1) is 9.10. The van der Waals surface area contributed by atoms with E-state index in [1.54, 1.807) is 42.5 Å². The highest BCUT2D eigenvalue weighted by Crippen LogP contribution is 2.35. The summed E-state index contributed by atoms with van der Waals surface area (Å²) >= 11 is 0. The lowest BCUT2D eigenvalue weighted by Crippen LogP contribution is -2.03. The molecule has 5 heteroatoms. The molecule has 2 aromatic carbocycles. The summed E-state index contributed by atoms with van der Waals surface area (Å²) in [5.74, 6) is -0.0787. The molecule has 1 heterocycles. The molecule has 0 aliphatic rings. The maximum absolute atomic E-state index is 12.6. The number of fused-ring (bicyclic) bond motifs is 1. The zero-order valence-corrected chi connectivity index (χ0v) is 10.7. The van der Waals surface area contributed by atoms with Crippen molar-refractivity contribution in [2.45, 2.75) is 9.79 Å². The third-order valence-electron chi connectivity index (χ3n) is 2.90. The molecule has 0 saturated carbocycles. The van der Waals surface area contributed by atoms with Gasteiger partial charge in [0.2, 0.25) is 15.7 Å². The van der Waals surface area contributed by atoms with E-state index in [0.29, 0.717) is 11.0 Å². The molecule has 2 N–H and O–H groups in total. The molecule has 3 rings (SSSR count). The molecule has 0 fully saturated rings. The second-order valence-corrected chi connectivity index (χ2v) is 5.99. The lowest BCUT2D eigenvalue weighted by molar-refractivity contribution is 0.591. The number of benzene rings is 2. The molecule has 0 unspecified atom stereocenters. The second-order valence-electron chi connectivity index (χ2n) is 4.11. The molecule has 0 atom stereocenters. The van der Waals surface area contributed by atoms with Crippen molar-refractivity contribution >= 4 is 26.7 Å². The van der Waals surface area contributed by atoms with Crippen LogP contribution in [0.15, 0.2) is 68.8 Å². The van der Waals surface area contributed by atoms with Crippen molar-refractivity contribution in [2.24, 2.45) is 0 Å². The average molecular weight is 273 g/mol. The second kappa shape index (κ2) is 4.13. The van der Waals surface area contributed by atoms with Gasteiger partial charge in [-0.2, -0.15) is 0 Å². The van der Waals surface area contributed by atoms with Crippen LogP contribution in [0.4, 0.5) is 5.88 Å². The third-order valence-corrected chi connectivity index (χ3v) is 4.75. The van der Waals surface area contributed by atoms with Gasteiger partial charge in [-0.15, -0.1) is 0 Å². The summed E-state index contributed by atoms with van der Waals surface area (Å²) in [6.45, 7) is 0. The van der Waals surface area contributed by atoms with Gasteiger partial charge in [0.05, 0.1) is 4.90 Å². The topological polar surface area (TPSA) is 73.3 Å². The molecule has 1 aromatic heterocycles. The van der Waals surface area contributed by atoms with Gasteiger partial charge < -0.3 is 10.2 Å². The van der Waals surface area contributed by atoms with Crippen LogP contribution >= 0.6 is 0 Å². The fourth-order valence-electron chi connectivity index (χ4n) is 2.04. The molecule has 0 aliphatic carbocycles. The molecule has 0 aliphatic heterocycles. The Kier molecular flexibility index (Phi) is 2.57. The first-order valence-corrected chi connectivity index (χ1v) is 7.16. The summed E-state index contributed by atoms with van der Waals surface area (Å²) < 4.78 is 30.5. The van der Waals surface area contributed by atoms with Gasteiger partial charge in [-0.05, 0) is 24.3 Å². The van der Waals surface area contributed by atoms with Crippen molar-refractivity contribution < 1.29 is 12.8 Å². The van der Waals surface area contributed by atoms with E-state index in [0.717, 1.165) is 0 Å². The van der Waals surface area contributed by atoms with Crippen LogP contribution in [0.25, 0.3) is 11.0 Å². The van der Waals surface area contributed by atoms with Gasteiger partial charge in [0.15, 0.2) is 0 Å². The van der Waals surface area contributed by atoms with E-state index in [1.165, 1.54) is 12.1 Å². The summed E-state index contributed by atoms with van der Waals surface area (Å²) in [6.07, 6.45) is 0. The third kappa shape index (κ3) is 1.79. The van der Waals surface area contributed by atoms with E-state index >= 15 is 0 Å². The number of rotatable bonds is 2. The summed E-state index contributed by atoms with van der Waals surface area (Å²) in [5.41, 5.74) is 6.20. The maximum Gasteiger partial charge on any atom is 0.212 e. The van der Waals surface area contributed by atoms with Gasteiger partial charge in [-0.25, -0.2) is 8.42 Å². The molecule has 19 heavy (non-hydrogen) atoms. The summed E-state index contributed by atoms with van der Waals surface area (Å²) in [7, 11) is -3.67. The molecule has 4 nitrogen and oxygen atoms in total. The smallest absolute Gasteiger partial charge is 0.212 e. The van der Waals surface area contributed by atoms with E-state index in [9.17, 15) is 8.42 Å². The van der Waals surface area contributed by atoms with Crippen LogP contribution in [0, 0.1) is 0 Å². The predicted octanol–water partition coefficient (Wildman–Crippen LogP) is 2.85. The molecule has 0 radical (unpaired) electrons. The van der Waals surface area contributed by atoms with Gasteiger partial charge >= 0.3 is 0 Å². The van der Waals surface area contributed by atoms with Gasteiger partial charge in [-0.1, -0.05) is 30.3 Å². The quantitative estimate of drug-likeness (QED) is 0.779. The van der Waals surface area contributed by atoms with Gasteiger partial charge in [0, 0.05) is 5.39 Å². The average Bonchev–Trinajstić information content (AvgIpc) is 2.76. The van der Waals surface area contributed by atoms with Crippen LogP contribution < -0.4 is 5.73 Å². The zero-order valence-electron chi connectivity index (χ0n) is 9.91. The highest BCUT2D eigenvalue weighted by molar-refractivity contribution is 7.92. The van der Waals surface area contributed by atoms with Crippen molar-refractivity contribution in [3.05, 3.63) is 54.6 Å². The van der Waals surface area contributed by atoms with Crippen molar-refractivity contribution in [3.63, 3.8) is 0 Å². The van der Waals surface area contributed by atoms with Crippen LogP contribution in [0.2, 0.25) is 0 Å². The number of hydrogen-bond acceptors (Lipinski definition) is 4. The van der Waals surface area contributed by atoms with E-state index < -0.39 is 9.84 Å². The van der Waals surface area contributed by atoms with E-state index in [4.69, 9.17) is 10.2 Å². The number of nitrogen functional groups attached to an aromatic ring is 1. The Morgan fingerprint density at radius 2 is 1.53 bits per heavy atom. The molecule has 3 aromatic rings. The number of nitrogens with two attached hydrogens (primary N) is 1. The highest BCUT2D eigenvalue weighted by Gasteiger charge is 2.26. The van der Waals surface area contributed by atoms with Crippen molar-refractivity contribution in [1.29, 1.82) is 0 Å².